The molecule has 0 aliphatic heterocycles. The molecular weight excluding hydrogens is 310 g/mol. The number of carbonyl (C=O) groups is 2. The number of carboxylic acid groups (broad SMARTS) is 1. The van der Waals surface area contributed by atoms with Crippen molar-refractivity contribution in [2.45, 2.75) is 25.4 Å². The largest absolute Gasteiger partial charge is 0.478 e. The van der Waals surface area contributed by atoms with Crippen LogP contribution in [-0.4, -0.2) is 34.1 Å². The van der Waals surface area contributed by atoms with Crippen LogP contribution in [0.2, 0.25) is 0 Å². The number of nitrogens with zero attached hydrogens (tertiary/aromatic N) is 2. The van der Waals surface area contributed by atoms with E-state index in [2.05, 4.69) is 15.3 Å². The third-order valence-corrected chi connectivity index (χ3v) is 3.66. The van der Waals surface area contributed by atoms with Crippen LogP contribution in [0.4, 0.5) is 5.69 Å². The van der Waals surface area contributed by atoms with Gasteiger partial charge in [-0.2, -0.15) is 0 Å². The van der Waals surface area contributed by atoms with E-state index in [1.165, 1.54) is 19.2 Å². The Morgan fingerprint density at radius 1 is 1.33 bits per heavy atom. The first-order valence-corrected chi connectivity index (χ1v) is 7.57. The Labute approximate surface area is 138 Å². The molecule has 0 atom stereocenters. The van der Waals surface area contributed by atoms with Gasteiger partial charge in [0.05, 0.1) is 12.2 Å². The van der Waals surface area contributed by atoms with Crippen LogP contribution in [0, 0.1) is 0 Å². The summed E-state index contributed by atoms with van der Waals surface area (Å²) in [7, 11) is 1.52. The van der Waals surface area contributed by atoms with Gasteiger partial charge in [0, 0.05) is 24.9 Å². The van der Waals surface area contributed by atoms with Gasteiger partial charge in [0.25, 0.3) is 5.91 Å². The summed E-state index contributed by atoms with van der Waals surface area (Å²) in [6.45, 7) is 0.253. The van der Waals surface area contributed by atoms with Crippen LogP contribution in [0.5, 0.6) is 0 Å². The van der Waals surface area contributed by atoms with Gasteiger partial charge in [0.15, 0.2) is 0 Å². The van der Waals surface area contributed by atoms with Crippen LogP contribution in [0.3, 0.4) is 0 Å². The number of amides is 1. The monoisotopic (exact) mass is 327 g/mol. The van der Waals surface area contributed by atoms with Crippen LogP contribution in [0.15, 0.2) is 30.5 Å². The van der Waals surface area contributed by atoms with E-state index in [1.807, 2.05) is 0 Å². The van der Waals surface area contributed by atoms with Crippen molar-refractivity contribution in [3.05, 3.63) is 53.1 Å². The van der Waals surface area contributed by atoms with Gasteiger partial charge in [0.1, 0.15) is 11.5 Å². The molecule has 124 valence electrons. The molecule has 1 aromatic carbocycles. The molecule has 1 aromatic heterocycles. The first kappa shape index (κ1) is 16.1. The summed E-state index contributed by atoms with van der Waals surface area (Å²) in [6.07, 6.45) is 3.66. The molecule has 0 unspecified atom stereocenters. The lowest BCUT2D eigenvalue weighted by atomic mass is 10.1. The fourth-order valence-corrected chi connectivity index (χ4v) is 2.37. The Kier molecular flexibility index (Phi) is 4.52. The minimum atomic E-state index is -1.07. The van der Waals surface area contributed by atoms with Gasteiger partial charge < -0.3 is 15.2 Å². The molecule has 7 heteroatoms. The van der Waals surface area contributed by atoms with Gasteiger partial charge in [-0.3, -0.25) is 4.79 Å². The van der Waals surface area contributed by atoms with Crippen LogP contribution in [-0.2, 0) is 11.3 Å². The molecular formula is C17H17N3O4. The van der Waals surface area contributed by atoms with Crippen molar-refractivity contribution in [1.29, 1.82) is 0 Å². The fourth-order valence-electron chi connectivity index (χ4n) is 2.37. The van der Waals surface area contributed by atoms with E-state index in [0.717, 1.165) is 12.8 Å². The Morgan fingerprint density at radius 2 is 2.12 bits per heavy atom. The smallest absolute Gasteiger partial charge is 0.335 e. The zero-order chi connectivity index (χ0) is 17.1. The number of ether oxygens (including phenoxy) is 1. The molecule has 1 heterocycles. The van der Waals surface area contributed by atoms with Crippen molar-refractivity contribution in [3.63, 3.8) is 0 Å². The normalized spacial score (nSPS) is 13.5. The molecule has 1 amide bonds. The Morgan fingerprint density at radius 3 is 2.79 bits per heavy atom. The lowest BCUT2D eigenvalue weighted by Gasteiger charge is -2.09. The minimum Gasteiger partial charge on any atom is -0.478 e. The molecule has 3 rings (SSSR count). The highest BCUT2D eigenvalue weighted by atomic mass is 16.5. The third-order valence-electron chi connectivity index (χ3n) is 3.66. The second-order valence-corrected chi connectivity index (χ2v) is 5.69. The zero-order valence-electron chi connectivity index (χ0n) is 13.2. The number of carboxylic acids is 1. The summed E-state index contributed by atoms with van der Waals surface area (Å²) in [4.78, 5) is 32.1. The Balaban J connectivity index is 1.82. The molecule has 1 saturated carbocycles. The topological polar surface area (TPSA) is 101 Å². The second kappa shape index (κ2) is 6.76. The van der Waals surface area contributed by atoms with E-state index in [1.54, 1.807) is 18.3 Å². The minimum absolute atomic E-state index is 0.0845. The molecule has 0 radical (unpaired) electrons. The number of hydrogen-bond acceptors (Lipinski definition) is 5. The average molecular weight is 327 g/mol. The second-order valence-electron chi connectivity index (χ2n) is 5.69. The molecule has 1 aliphatic rings. The van der Waals surface area contributed by atoms with Crippen LogP contribution < -0.4 is 5.32 Å². The van der Waals surface area contributed by atoms with Gasteiger partial charge in [-0.15, -0.1) is 0 Å². The van der Waals surface area contributed by atoms with Crippen LogP contribution >= 0.6 is 0 Å². The number of aromatic nitrogens is 2. The molecule has 24 heavy (non-hydrogen) atoms. The van der Waals surface area contributed by atoms with E-state index in [9.17, 15) is 14.7 Å². The van der Waals surface area contributed by atoms with Gasteiger partial charge in [-0.1, -0.05) is 0 Å². The number of benzene rings is 1. The number of anilines is 1. The molecule has 0 spiro atoms. The quantitative estimate of drug-likeness (QED) is 0.845. The van der Waals surface area contributed by atoms with E-state index in [-0.39, 0.29) is 17.9 Å². The molecule has 1 fully saturated rings. The summed E-state index contributed by atoms with van der Waals surface area (Å²) in [6, 6.07) is 6.13. The average Bonchev–Trinajstić information content (AvgIpc) is 3.40. The fraction of sp³-hybridized carbons (Fsp3) is 0.294. The maximum absolute atomic E-state index is 12.4. The van der Waals surface area contributed by atoms with Gasteiger partial charge >= 0.3 is 5.97 Å². The summed E-state index contributed by atoms with van der Waals surface area (Å²) >= 11 is 0. The molecule has 1 aliphatic carbocycles. The third kappa shape index (κ3) is 3.75. The van der Waals surface area contributed by atoms with E-state index < -0.39 is 11.9 Å². The number of rotatable bonds is 6. The van der Waals surface area contributed by atoms with Crippen molar-refractivity contribution in [1.82, 2.24) is 9.97 Å². The maximum atomic E-state index is 12.4. The molecule has 2 N–H and O–H groups in total. The van der Waals surface area contributed by atoms with E-state index >= 15 is 0 Å². The Bertz CT molecular complexity index is 787. The predicted molar refractivity (Wildman–Crippen MR) is 86.1 cm³/mol. The SMILES string of the molecule is COCc1cc(NC(=O)c2ccnc(C3CC3)n2)cc(C(=O)O)c1. The van der Waals surface area contributed by atoms with Crippen molar-refractivity contribution in [3.8, 4) is 0 Å². The van der Waals surface area contributed by atoms with E-state index in [4.69, 9.17) is 4.74 Å². The number of methoxy groups -OCH3 is 1. The highest BCUT2D eigenvalue weighted by Gasteiger charge is 2.27. The number of hydrogen-bond donors (Lipinski definition) is 2. The highest BCUT2D eigenvalue weighted by Crippen LogP contribution is 2.37. The van der Waals surface area contributed by atoms with E-state index in [0.29, 0.717) is 23.0 Å². The molecule has 2 aromatic rings. The standard InChI is InChI=1S/C17H17N3O4/c1-24-9-10-6-12(17(22)23)8-13(7-10)19-16(21)14-4-5-18-15(20-14)11-2-3-11/h4-8,11H,2-3,9H2,1H3,(H,19,21)(H,22,23). The summed E-state index contributed by atoms with van der Waals surface area (Å²) in [5, 5.41) is 11.9. The molecule has 0 saturated heterocycles. The molecule has 7 nitrogen and oxygen atoms in total. The number of carbonyl (C=O) groups excluding carboxylic acids is 1. The molecule has 0 bridgehead atoms. The number of nitrogens with one attached hydrogen (secondary N) is 1. The summed E-state index contributed by atoms with van der Waals surface area (Å²) < 4.78 is 5.03. The lowest BCUT2D eigenvalue weighted by molar-refractivity contribution is 0.0696. The zero-order valence-corrected chi connectivity index (χ0v) is 13.2. The van der Waals surface area contributed by atoms with Crippen molar-refractivity contribution in [2.24, 2.45) is 0 Å². The first-order valence-electron chi connectivity index (χ1n) is 7.57. The summed E-state index contributed by atoms with van der Waals surface area (Å²) in [5.74, 6) is -0.435. The number of aromatic carboxylic acids is 1. The van der Waals surface area contributed by atoms with Gasteiger partial charge in [0.2, 0.25) is 0 Å². The Hall–Kier alpha value is -2.80. The highest BCUT2D eigenvalue weighted by molar-refractivity contribution is 6.03. The van der Waals surface area contributed by atoms with Crippen molar-refractivity contribution in [2.75, 3.05) is 12.4 Å². The first-order chi connectivity index (χ1) is 11.6. The van der Waals surface area contributed by atoms with Crippen LogP contribution in [0.25, 0.3) is 0 Å². The lowest BCUT2D eigenvalue weighted by Crippen LogP contribution is -2.15. The van der Waals surface area contributed by atoms with Gasteiger partial charge in [-0.25, -0.2) is 14.8 Å². The van der Waals surface area contributed by atoms with Gasteiger partial charge in [-0.05, 0) is 42.7 Å². The van der Waals surface area contributed by atoms with Crippen molar-refractivity contribution >= 4 is 17.6 Å². The van der Waals surface area contributed by atoms with Crippen LogP contribution in [0.1, 0.15) is 51.0 Å². The van der Waals surface area contributed by atoms with Crippen molar-refractivity contribution < 1.29 is 19.4 Å². The maximum Gasteiger partial charge on any atom is 0.335 e. The summed E-state index contributed by atoms with van der Waals surface area (Å²) in [5.41, 5.74) is 1.40. The predicted octanol–water partition coefficient (Wildman–Crippen LogP) is 2.45.